The highest BCUT2D eigenvalue weighted by atomic mass is 35.5. The van der Waals surface area contributed by atoms with E-state index in [-0.39, 0.29) is 51.7 Å². The number of rotatable bonds is 1. The fourth-order valence-corrected chi connectivity index (χ4v) is 5.96. The van der Waals surface area contributed by atoms with Crippen molar-refractivity contribution < 1.29 is 27.4 Å². The van der Waals surface area contributed by atoms with Crippen LogP contribution in [0.2, 0.25) is 5.15 Å². The number of carbonyl (C=O) groups is 1. The van der Waals surface area contributed by atoms with E-state index in [1.54, 1.807) is 12.3 Å². The molecule has 1 amide bonds. The lowest BCUT2D eigenvalue weighted by Crippen LogP contribution is -2.45. The fourth-order valence-electron chi connectivity index (χ4n) is 5.07. The van der Waals surface area contributed by atoms with E-state index in [4.69, 9.17) is 21.1 Å². The largest absolute Gasteiger partial charge is 0.447 e. The summed E-state index contributed by atoms with van der Waals surface area (Å²) in [5, 5.41) is 10.2. The van der Waals surface area contributed by atoms with Gasteiger partial charge in [0.15, 0.2) is 10.8 Å². The summed E-state index contributed by atoms with van der Waals surface area (Å²) in [5.74, 6) is 5.20. The summed E-state index contributed by atoms with van der Waals surface area (Å²) in [7, 11) is 2.08. The van der Waals surface area contributed by atoms with Gasteiger partial charge < -0.3 is 25.0 Å². The van der Waals surface area contributed by atoms with Gasteiger partial charge in [0, 0.05) is 43.3 Å². The number of halogens is 4. The molecule has 5 heterocycles. The molecule has 0 radical (unpaired) electrons. The Morgan fingerprint density at radius 1 is 1.17 bits per heavy atom. The number of anilines is 1. The van der Waals surface area contributed by atoms with E-state index >= 15 is 0 Å². The zero-order valence-electron chi connectivity index (χ0n) is 22.9. The summed E-state index contributed by atoms with van der Waals surface area (Å²) < 4.78 is 55.1. The second-order valence-electron chi connectivity index (χ2n) is 10.1. The number of pyridine rings is 1. The van der Waals surface area contributed by atoms with Crippen LogP contribution in [0.15, 0.2) is 29.6 Å². The van der Waals surface area contributed by atoms with Gasteiger partial charge in [-0.1, -0.05) is 17.5 Å². The van der Waals surface area contributed by atoms with Gasteiger partial charge in [-0.25, -0.2) is 4.98 Å². The van der Waals surface area contributed by atoms with Gasteiger partial charge >= 0.3 is 5.51 Å². The molecule has 0 aromatic carbocycles. The Balaban J connectivity index is 1.45. The van der Waals surface area contributed by atoms with E-state index in [9.17, 15) is 18.0 Å². The van der Waals surface area contributed by atoms with Crippen molar-refractivity contribution in [3.63, 3.8) is 0 Å². The summed E-state index contributed by atoms with van der Waals surface area (Å²) in [6.45, 7) is 3.78. The minimum absolute atomic E-state index is 0.0224. The van der Waals surface area contributed by atoms with Crippen LogP contribution in [0.1, 0.15) is 28.9 Å². The van der Waals surface area contributed by atoms with Crippen molar-refractivity contribution in [3.05, 3.63) is 40.9 Å². The first-order chi connectivity index (χ1) is 20.2. The average molecular weight is 626 g/mol. The van der Waals surface area contributed by atoms with Crippen molar-refractivity contribution >= 4 is 40.6 Å². The molecule has 0 spiro atoms. The molecule has 42 heavy (non-hydrogen) atoms. The quantitative estimate of drug-likeness (QED) is 0.312. The zero-order chi connectivity index (χ0) is 29.7. The Hall–Kier alpha value is -2.96. The summed E-state index contributed by atoms with van der Waals surface area (Å²) in [5.41, 5.74) is -3.45. The molecule has 5 rings (SSSR count). The van der Waals surface area contributed by atoms with Crippen molar-refractivity contribution in [1.29, 1.82) is 0 Å². The Bertz CT molecular complexity index is 1470. The molecule has 10 nitrogen and oxygen atoms in total. The van der Waals surface area contributed by atoms with Crippen LogP contribution >= 0.6 is 23.4 Å². The zero-order valence-corrected chi connectivity index (χ0v) is 24.5. The monoisotopic (exact) mass is 625 g/mol. The van der Waals surface area contributed by atoms with Gasteiger partial charge in [0.05, 0.1) is 44.2 Å². The molecule has 0 saturated carbocycles. The number of thioether (sulfide) groups is 1. The first kappa shape index (κ1) is 30.5. The van der Waals surface area contributed by atoms with Crippen molar-refractivity contribution in [2.75, 3.05) is 58.4 Å². The number of aromatic nitrogens is 4. The number of nitrogens with one attached hydrogen (secondary N) is 2. The maximum absolute atomic E-state index is 13.6. The highest BCUT2D eigenvalue weighted by Gasteiger charge is 2.34. The van der Waals surface area contributed by atoms with Crippen molar-refractivity contribution in [2.24, 2.45) is 5.92 Å². The number of nitrogens with zero attached hydrogens (tertiary/aromatic N) is 5. The minimum atomic E-state index is -4.55. The van der Waals surface area contributed by atoms with Crippen LogP contribution in [0.25, 0.3) is 5.65 Å². The van der Waals surface area contributed by atoms with Crippen molar-refractivity contribution in [2.45, 2.75) is 36.0 Å². The van der Waals surface area contributed by atoms with E-state index in [2.05, 4.69) is 44.5 Å². The van der Waals surface area contributed by atoms with Gasteiger partial charge in [-0.05, 0) is 50.4 Å². The Labute approximate surface area is 250 Å². The van der Waals surface area contributed by atoms with Gasteiger partial charge in [0.2, 0.25) is 0 Å². The Kier molecular flexibility index (Phi) is 9.85. The SMILES string of the molecule is CN1CC[C@@H]2Nc3cccn4c(SC(F)(F)F)c(nc34)C#CCNC(=O)c3cn(nc3Cl)CCOCCOCC[C@H]2C1. The van der Waals surface area contributed by atoms with Crippen molar-refractivity contribution in [3.8, 4) is 11.8 Å². The van der Waals surface area contributed by atoms with E-state index in [0.717, 1.165) is 25.9 Å². The van der Waals surface area contributed by atoms with Crippen LogP contribution < -0.4 is 10.6 Å². The summed E-state index contributed by atoms with van der Waals surface area (Å²) >= 11 is 5.87. The molecule has 3 aromatic heterocycles. The standard InChI is InChI=1S/C27H31ClF3N7O3S/c1-36-10-6-20-18(16-36)7-12-40-14-15-41-13-11-37-17-19(23(28)35-37)25(39)32-8-2-4-22-26(42-27(29,30)31)38-9-3-5-21(33-20)24(38)34-22/h3,5,9,17-18,20,33H,6-8,10-16H2,1H3,(H,32,39)/t18-,20-/m0/s1. The van der Waals surface area contributed by atoms with Crippen LogP contribution in [0.4, 0.5) is 18.9 Å². The Morgan fingerprint density at radius 2 is 1.98 bits per heavy atom. The van der Waals surface area contributed by atoms with Gasteiger partial charge in [0.25, 0.3) is 5.91 Å². The van der Waals surface area contributed by atoms with E-state index in [1.165, 1.54) is 15.3 Å². The van der Waals surface area contributed by atoms with E-state index in [1.807, 2.05) is 6.07 Å². The summed E-state index contributed by atoms with van der Waals surface area (Å²) in [6, 6.07) is 3.59. The average Bonchev–Trinajstić information content (AvgIpc) is 3.48. The number of alkyl halides is 3. The van der Waals surface area contributed by atoms with Gasteiger partial charge in [0.1, 0.15) is 10.7 Å². The normalized spacial score (nSPS) is 21.7. The first-order valence-electron chi connectivity index (χ1n) is 13.6. The predicted octanol–water partition coefficient (Wildman–Crippen LogP) is 3.75. The molecule has 1 fully saturated rings. The highest BCUT2D eigenvalue weighted by molar-refractivity contribution is 8.00. The molecule has 2 aliphatic rings. The number of amides is 1. The number of hydrogen-bond donors (Lipinski definition) is 2. The number of piperidine rings is 1. The molecule has 2 aliphatic heterocycles. The molecular weight excluding hydrogens is 595 g/mol. The van der Waals surface area contributed by atoms with E-state index < -0.39 is 11.4 Å². The molecule has 1 saturated heterocycles. The highest BCUT2D eigenvalue weighted by Crippen LogP contribution is 2.39. The van der Waals surface area contributed by atoms with Gasteiger partial charge in [-0.3, -0.25) is 13.9 Å². The third-order valence-corrected chi connectivity index (χ3v) is 8.17. The molecule has 226 valence electrons. The number of likely N-dealkylation sites (tertiary alicyclic amines) is 1. The molecule has 2 atom stereocenters. The number of ether oxygens (including phenoxy) is 2. The number of carbonyl (C=O) groups excluding carboxylic acids is 1. The van der Waals surface area contributed by atoms with Gasteiger partial charge in [-0.15, -0.1) is 0 Å². The molecule has 0 aliphatic carbocycles. The van der Waals surface area contributed by atoms with Crippen LogP contribution in [-0.4, -0.2) is 94.6 Å². The van der Waals surface area contributed by atoms with Crippen LogP contribution in [0.5, 0.6) is 0 Å². The fraction of sp³-hybridized carbons (Fsp3) is 0.519. The number of fused-ring (bicyclic) bond motifs is 4. The number of hydrogen-bond acceptors (Lipinski definition) is 8. The molecule has 0 unspecified atom stereocenters. The molecule has 3 aromatic rings. The van der Waals surface area contributed by atoms with Crippen LogP contribution in [0.3, 0.4) is 0 Å². The maximum Gasteiger partial charge on any atom is 0.447 e. The molecular formula is C27H31ClF3N7O3S. The molecule has 4 bridgehead atoms. The lowest BCUT2D eigenvalue weighted by Gasteiger charge is -2.37. The van der Waals surface area contributed by atoms with Crippen molar-refractivity contribution in [1.82, 2.24) is 29.4 Å². The second-order valence-corrected chi connectivity index (χ2v) is 11.5. The molecule has 15 heteroatoms. The van der Waals surface area contributed by atoms with E-state index in [0.29, 0.717) is 44.3 Å². The minimum Gasteiger partial charge on any atom is -0.379 e. The van der Waals surface area contributed by atoms with Gasteiger partial charge in [-0.2, -0.15) is 18.3 Å². The Morgan fingerprint density at radius 3 is 2.79 bits per heavy atom. The van der Waals surface area contributed by atoms with Crippen LogP contribution in [0, 0.1) is 17.8 Å². The first-order valence-corrected chi connectivity index (χ1v) is 14.7. The summed E-state index contributed by atoms with van der Waals surface area (Å²) in [6.07, 6.45) is 4.72. The topological polar surface area (TPSA) is 98.0 Å². The van der Waals surface area contributed by atoms with Crippen LogP contribution in [-0.2, 0) is 16.0 Å². The number of imidazole rings is 1. The summed E-state index contributed by atoms with van der Waals surface area (Å²) in [4.78, 5) is 19.4. The lowest BCUT2D eigenvalue weighted by atomic mass is 9.89. The second kappa shape index (κ2) is 13.6. The predicted molar refractivity (Wildman–Crippen MR) is 153 cm³/mol. The third-order valence-electron chi connectivity index (χ3n) is 7.07. The third kappa shape index (κ3) is 7.70. The molecule has 2 N–H and O–H groups in total. The smallest absolute Gasteiger partial charge is 0.379 e. The maximum atomic E-state index is 13.6. The lowest BCUT2D eigenvalue weighted by molar-refractivity contribution is -0.0330.